The molecule has 9 heteroatoms. The van der Waals surface area contributed by atoms with Gasteiger partial charge in [0.05, 0.1) is 13.1 Å². The van der Waals surface area contributed by atoms with Gasteiger partial charge in [-0.1, -0.05) is 0 Å². The summed E-state index contributed by atoms with van der Waals surface area (Å²) >= 11 is 0. The molecule has 0 spiro atoms. The number of ether oxygens (including phenoxy) is 1. The predicted molar refractivity (Wildman–Crippen MR) is 137 cm³/mol. The lowest BCUT2D eigenvalue weighted by Crippen LogP contribution is -2.44. The Hall–Kier alpha value is -2.66. The maximum absolute atomic E-state index is 13.1. The molecular weight excluding hydrogens is 538 g/mol. The second-order valence-corrected chi connectivity index (χ2v) is 7.71. The number of guanidine groups is 1. The van der Waals surface area contributed by atoms with E-state index < -0.39 is 5.60 Å². The average Bonchev–Trinajstić information content (AvgIpc) is 3.11. The molecule has 0 saturated carbocycles. The zero-order valence-electron chi connectivity index (χ0n) is 19.2. The molecule has 3 N–H and O–H groups in total. The van der Waals surface area contributed by atoms with Crippen molar-refractivity contribution in [2.45, 2.75) is 39.8 Å². The predicted octanol–water partition coefficient (Wildman–Crippen LogP) is 4.80. The molecule has 7 nitrogen and oxygen atoms in total. The van der Waals surface area contributed by atoms with Gasteiger partial charge in [0.2, 0.25) is 5.88 Å². The Morgan fingerprint density at radius 3 is 2.55 bits per heavy atom. The lowest BCUT2D eigenvalue weighted by Gasteiger charge is -2.24. The lowest BCUT2D eigenvalue weighted by atomic mass is 9.96. The smallest absolute Gasteiger partial charge is 0.219 e. The van der Waals surface area contributed by atoms with Crippen molar-refractivity contribution in [1.29, 1.82) is 0 Å². The van der Waals surface area contributed by atoms with E-state index in [0.717, 1.165) is 16.9 Å². The summed E-state index contributed by atoms with van der Waals surface area (Å²) in [5.41, 5.74) is 0.516. The molecule has 0 aliphatic carbocycles. The van der Waals surface area contributed by atoms with E-state index in [2.05, 4.69) is 20.6 Å². The number of aliphatic imine (C=N–C) groups is 1. The number of nitrogens with one attached hydrogen (secondary N) is 2. The van der Waals surface area contributed by atoms with Crippen LogP contribution in [0.5, 0.6) is 11.6 Å². The molecule has 0 saturated heterocycles. The molecule has 0 fully saturated rings. The van der Waals surface area contributed by atoms with Crippen molar-refractivity contribution in [1.82, 2.24) is 15.6 Å². The van der Waals surface area contributed by atoms with Crippen molar-refractivity contribution in [3.05, 3.63) is 77.1 Å². The van der Waals surface area contributed by atoms with Gasteiger partial charge < -0.3 is 24.9 Å². The number of pyridine rings is 1. The summed E-state index contributed by atoms with van der Waals surface area (Å²) in [6.07, 6.45) is 1.64. The zero-order chi connectivity index (χ0) is 23.1. The number of aryl methyl sites for hydroxylation is 2. The van der Waals surface area contributed by atoms with Gasteiger partial charge in [-0.05, 0) is 69.7 Å². The molecule has 2 aromatic heterocycles. The molecule has 2 heterocycles. The van der Waals surface area contributed by atoms with Crippen LogP contribution in [0.25, 0.3) is 0 Å². The number of halogens is 2. The molecule has 0 bridgehead atoms. The highest BCUT2D eigenvalue weighted by Gasteiger charge is 2.27. The van der Waals surface area contributed by atoms with Crippen molar-refractivity contribution < 1.29 is 18.7 Å². The van der Waals surface area contributed by atoms with Crippen LogP contribution in [0.1, 0.15) is 36.5 Å². The highest BCUT2D eigenvalue weighted by Crippen LogP contribution is 2.26. The highest BCUT2D eigenvalue weighted by atomic mass is 127. The number of furan rings is 1. The summed E-state index contributed by atoms with van der Waals surface area (Å²) in [5, 5.41) is 17.3. The third-order valence-corrected chi connectivity index (χ3v) is 4.82. The number of hydrogen-bond acceptors (Lipinski definition) is 5. The van der Waals surface area contributed by atoms with Crippen molar-refractivity contribution in [2.24, 2.45) is 4.99 Å². The van der Waals surface area contributed by atoms with Crippen LogP contribution < -0.4 is 15.4 Å². The summed E-state index contributed by atoms with van der Waals surface area (Å²) in [6, 6.07) is 11.2. The second kappa shape index (κ2) is 12.0. The minimum Gasteiger partial charge on any atom is -0.466 e. The van der Waals surface area contributed by atoms with Gasteiger partial charge in [0.15, 0.2) is 5.96 Å². The van der Waals surface area contributed by atoms with Gasteiger partial charge in [0.25, 0.3) is 0 Å². The number of aliphatic hydroxyl groups is 1. The third-order valence-electron chi connectivity index (χ3n) is 4.82. The number of rotatable bonds is 8. The maximum Gasteiger partial charge on any atom is 0.219 e. The number of aromatic nitrogens is 1. The van der Waals surface area contributed by atoms with Crippen LogP contribution in [0.2, 0.25) is 0 Å². The zero-order valence-corrected chi connectivity index (χ0v) is 21.5. The van der Waals surface area contributed by atoms with Crippen LogP contribution in [0.3, 0.4) is 0 Å². The largest absolute Gasteiger partial charge is 0.466 e. The van der Waals surface area contributed by atoms with E-state index in [9.17, 15) is 9.50 Å². The summed E-state index contributed by atoms with van der Waals surface area (Å²) in [5.74, 6) is 2.60. The van der Waals surface area contributed by atoms with Crippen LogP contribution in [0.4, 0.5) is 4.39 Å². The molecule has 0 amide bonds. The first-order chi connectivity index (χ1) is 15.3. The fourth-order valence-corrected chi connectivity index (χ4v) is 3.26. The molecule has 0 aliphatic heterocycles. The van der Waals surface area contributed by atoms with E-state index in [-0.39, 0.29) is 36.3 Å². The minimum atomic E-state index is -1.12. The Morgan fingerprint density at radius 2 is 1.91 bits per heavy atom. The van der Waals surface area contributed by atoms with Crippen molar-refractivity contribution in [3.8, 4) is 11.6 Å². The Balaban J connectivity index is 0.00000385. The topological polar surface area (TPSA) is 91.9 Å². The summed E-state index contributed by atoms with van der Waals surface area (Å²) in [6.45, 7) is 8.72. The molecule has 33 heavy (non-hydrogen) atoms. The summed E-state index contributed by atoms with van der Waals surface area (Å²) in [7, 11) is 0. The summed E-state index contributed by atoms with van der Waals surface area (Å²) in [4.78, 5) is 8.79. The van der Waals surface area contributed by atoms with Crippen molar-refractivity contribution >= 4 is 29.9 Å². The van der Waals surface area contributed by atoms with Crippen LogP contribution in [-0.4, -0.2) is 29.1 Å². The van der Waals surface area contributed by atoms with Crippen LogP contribution in [0, 0.1) is 19.7 Å². The Morgan fingerprint density at radius 1 is 1.18 bits per heavy atom. The van der Waals surface area contributed by atoms with Crippen LogP contribution >= 0.6 is 24.0 Å². The minimum absolute atomic E-state index is 0. The van der Waals surface area contributed by atoms with Crippen molar-refractivity contribution in [3.63, 3.8) is 0 Å². The molecule has 3 aromatic rings. The molecule has 0 radical (unpaired) electrons. The van der Waals surface area contributed by atoms with Crippen molar-refractivity contribution in [2.75, 3.05) is 13.1 Å². The van der Waals surface area contributed by atoms with Gasteiger partial charge in [-0.2, -0.15) is 0 Å². The average molecular weight is 568 g/mol. The van der Waals surface area contributed by atoms with Gasteiger partial charge in [-0.3, -0.25) is 0 Å². The monoisotopic (exact) mass is 568 g/mol. The van der Waals surface area contributed by atoms with Gasteiger partial charge >= 0.3 is 0 Å². The number of nitrogens with zero attached hydrogens (tertiary/aromatic N) is 2. The maximum atomic E-state index is 13.1. The summed E-state index contributed by atoms with van der Waals surface area (Å²) < 4.78 is 24.3. The van der Waals surface area contributed by atoms with Crippen LogP contribution in [0.15, 0.2) is 58.1 Å². The first-order valence-corrected chi connectivity index (χ1v) is 10.5. The van der Waals surface area contributed by atoms with E-state index in [1.807, 2.05) is 32.9 Å². The fraction of sp³-hybridized carbons (Fsp3) is 0.333. The Labute approximate surface area is 210 Å². The Kier molecular flexibility index (Phi) is 9.66. The van der Waals surface area contributed by atoms with E-state index in [0.29, 0.717) is 36.4 Å². The van der Waals surface area contributed by atoms with Gasteiger partial charge in [0, 0.05) is 24.4 Å². The van der Waals surface area contributed by atoms with Gasteiger partial charge in [-0.15, -0.1) is 24.0 Å². The molecular formula is C24H30FIN4O3. The van der Waals surface area contributed by atoms with E-state index >= 15 is 0 Å². The van der Waals surface area contributed by atoms with Crippen LogP contribution in [-0.2, 0) is 12.1 Å². The standard InChI is InChI=1S/C24H29FN4O3.HI/c1-5-26-23(29-15-24(4,30)21-12-16(2)31-17(21)3)28-14-18-10-11-27-22(13-18)32-20-8-6-19(25)7-9-20;/h6-13,30H,5,14-15H2,1-4H3,(H2,26,28,29);1H. The van der Waals surface area contributed by atoms with Gasteiger partial charge in [0.1, 0.15) is 28.7 Å². The molecule has 1 unspecified atom stereocenters. The normalized spacial score (nSPS) is 13.1. The van der Waals surface area contributed by atoms with E-state index in [1.165, 1.54) is 12.1 Å². The molecule has 1 atom stereocenters. The Bertz CT molecular complexity index is 1070. The highest BCUT2D eigenvalue weighted by molar-refractivity contribution is 14.0. The first-order valence-electron chi connectivity index (χ1n) is 10.5. The molecule has 178 valence electrons. The second-order valence-electron chi connectivity index (χ2n) is 7.71. The molecule has 0 aliphatic rings. The quantitative estimate of drug-likeness (QED) is 0.206. The number of benzene rings is 1. The van der Waals surface area contributed by atoms with Gasteiger partial charge in [-0.25, -0.2) is 14.4 Å². The fourth-order valence-electron chi connectivity index (χ4n) is 3.26. The SMILES string of the molecule is CCNC(=NCc1ccnc(Oc2ccc(F)cc2)c1)NCC(C)(O)c1cc(C)oc1C.I. The molecule has 1 aromatic carbocycles. The first kappa shape index (κ1) is 26.6. The third kappa shape index (κ3) is 7.71. The molecule has 3 rings (SSSR count). The van der Waals surface area contributed by atoms with E-state index in [4.69, 9.17) is 9.15 Å². The van der Waals surface area contributed by atoms with E-state index in [1.54, 1.807) is 31.3 Å². The number of hydrogen-bond donors (Lipinski definition) is 3. The lowest BCUT2D eigenvalue weighted by molar-refractivity contribution is 0.0601.